The Morgan fingerprint density at radius 1 is 0.736 bits per heavy atom. The van der Waals surface area contributed by atoms with Gasteiger partial charge in [-0.2, -0.15) is 8.78 Å². The molecule has 2 saturated heterocycles. The number of likely N-dealkylation sites (tertiary alicyclic amines) is 2. The molecule has 5 atom stereocenters. The van der Waals surface area contributed by atoms with Crippen LogP contribution in [0.1, 0.15) is 92.9 Å². The van der Waals surface area contributed by atoms with E-state index in [1.54, 1.807) is 60.3 Å². The molecule has 2 aromatic heterocycles. The normalized spacial score (nSPS) is 20.0. The first-order valence-corrected chi connectivity index (χ1v) is 24.0. The first kappa shape index (κ1) is 47.9. The number of alkyl carbamates (subject to hydrolysis) is 2. The van der Waals surface area contributed by atoms with E-state index in [2.05, 4.69) is 20.6 Å². The van der Waals surface area contributed by atoms with Crippen molar-refractivity contribution in [3.05, 3.63) is 94.8 Å². The highest BCUT2D eigenvalue weighted by molar-refractivity contribution is 5.88. The summed E-state index contributed by atoms with van der Waals surface area (Å²) in [5, 5.41) is 5.28. The summed E-state index contributed by atoms with van der Waals surface area (Å²) in [6, 6.07) is 10.4. The van der Waals surface area contributed by atoms with Gasteiger partial charge in [-0.3, -0.25) is 14.5 Å². The third-order valence-electron chi connectivity index (χ3n) is 14.2. The molecular weight excluding hydrogens is 937 g/mol. The predicted molar refractivity (Wildman–Crippen MR) is 253 cm³/mol. The molecule has 4 N–H and O–H groups in total. The van der Waals surface area contributed by atoms with Crippen LogP contribution in [0, 0.1) is 11.8 Å². The maximum Gasteiger partial charge on any atom is 0.410 e. The van der Waals surface area contributed by atoms with Gasteiger partial charge in [-0.1, -0.05) is 52.0 Å². The van der Waals surface area contributed by atoms with Crippen LogP contribution in [0.3, 0.4) is 0 Å². The summed E-state index contributed by atoms with van der Waals surface area (Å²) in [7, 11) is 2.44. The lowest BCUT2D eigenvalue weighted by Crippen LogP contribution is -2.51. The molecule has 0 saturated carbocycles. The Morgan fingerprint density at radius 2 is 1.25 bits per heavy atom. The quantitative estimate of drug-likeness (QED) is 0.0943. The fourth-order valence-corrected chi connectivity index (χ4v) is 10.4. The van der Waals surface area contributed by atoms with Crippen molar-refractivity contribution in [3.8, 4) is 45.1 Å². The van der Waals surface area contributed by atoms with Gasteiger partial charge < -0.3 is 54.1 Å². The van der Waals surface area contributed by atoms with E-state index in [1.165, 1.54) is 31.3 Å². The van der Waals surface area contributed by atoms with Gasteiger partial charge in [-0.05, 0) is 71.2 Å². The van der Waals surface area contributed by atoms with Crippen LogP contribution in [0.5, 0.6) is 11.5 Å². The predicted octanol–water partition coefficient (Wildman–Crippen LogP) is 7.54. The Kier molecular flexibility index (Phi) is 12.5. The fourth-order valence-electron chi connectivity index (χ4n) is 10.4. The number of hydrogen-bond acceptors (Lipinski definition) is 12. The highest BCUT2D eigenvalue weighted by Crippen LogP contribution is 2.53. The number of imidazole rings is 2. The molecule has 5 aromatic rings. The highest BCUT2D eigenvalue weighted by Gasteiger charge is 2.47. The molecule has 21 heteroatoms. The van der Waals surface area contributed by atoms with Crippen molar-refractivity contribution >= 4 is 30.1 Å². The zero-order valence-electron chi connectivity index (χ0n) is 40.5. The summed E-state index contributed by atoms with van der Waals surface area (Å²) < 4.78 is 60.1. The molecule has 19 nitrogen and oxygen atoms in total. The third kappa shape index (κ3) is 8.67. The van der Waals surface area contributed by atoms with Gasteiger partial charge in [0.1, 0.15) is 29.8 Å². The summed E-state index contributed by atoms with van der Waals surface area (Å²) in [6.45, 7) is 8.42. The standard InChI is InChI=1S/C51H55F2N9O10/c1-25(2)42(58-48(65)68-5)46(63)61-13-7-8-38(61)44-54-19-36(56-44)27-9-11-32-33-12-10-28(15-35(33)51(52,53)34(32)14-27)37-20-55-45(57-37)39-18-31(23-62(39)47(64)43(26(3)4)59-49(66)69-6)72-50(67)60-21-29-16-40-41(71-24-70-40)17-30(29)22-60/h9-12,14-17,19-20,25-26,31,38-39,42-43H,7-8,13,18,21-24H2,1-6H3,(H,54,56)(H,55,57)(H,58,65)(H,59,66)/t31?,38-,39-,42?,43-/m0/s1. The van der Waals surface area contributed by atoms with E-state index in [9.17, 15) is 24.0 Å². The number of nitrogens with zero attached hydrogens (tertiary/aromatic N) is 5. The van der Waals surface area contributed by atoms with Crippen molar-refractivity contribution in [3.63, 3.8) is 0 Å². The van der Waals surface area contributed by atoms with Crippen molar-refractivity contribution < 1.29 is 56.4 Å². The first-order chi connectivity index (χ1) is 34.5. The van der Waals surface area contributed by atoms with Crippen LogP contribution in [0.15, 0.2) is 60.9 Å². The van der Waals surface area contributed by atoms with Crippen molar-refractivity contribution in [1.82, 2.24) is 45.3 Å². The van der Waals surface area contributed by atoms with Crippen molar-refractivity contribution in [2.24, 2.45) is 11.8 Å². The molecule has 4 aliphatic heterocycles. The second kappa shape index (κ2) is 18.8. The van der Waals surface area contributed by atoms with Gasteiger partial charge in [-0.15, -0.1) is 0 Å². The molecular formula is C51H55F2N9O10. The Bertz CT molecular complexity index is 2940. The van der Waals surface area contributed by atoms with Crippen LogP contribution in [0.4, 0.5) is 23.2 Å². The lowest BCUT2D eigenvalue weighted by atomic mass is 10.0. The number of rotatable bonds is 11. The van der Waals surface area contributed by atoms with Gasteiger partial charge in [0.15, 0.2) is 11.5 Å². The van der Waals surface area contributed by atoms with Gasteiger partial charge in [0.05, 0.1) is 44.2 Å². The first-order valence-electron chi connectivity index (χ1n) is 24.0. The Hall–Kier alpha value is -7.71. The maximum atomic E-state index is 16.7. The molecule has 10 rings (SSSR count). The minimum atomic E-state index is -3.40. The van der Waals surface area contributed by atoms with Crippen LogP contribution in [-0.4, -0.2) is 117 Å². The smallest absolute Gasteiger partial charge is 0.410 e. The van der Waals surface area contributed by atoms with E-state index in [4.69, 9.17) is 33.7 Å². The molecule has 5 amide bonds. The number of benzene rings is 3. The van der Waals surface area contributed by atoms with Crippen LogP contribution >= 0.6 is 0 Å². The van der Waals surface area contributed by atoms with Crippen molar-refractivity contribution in [2.75, 3.05) is 34.1 Å². The Morgan fingerprint density at radius 3 is 1.76 bits per heavy atom. The van der Waals surface area contributed by atoms with Crippen LogP contribution < -0.4 is 20.1 Å². The van der Waals surface area contributed by atoms with Gasteiger partial charge in [-0.25, -0.2) is 24.4 Å². The molecule has 0 bridgehead atoms. The van der Waals surface area contributed by atoms with Crippen molar-refractivity contribution in [1.29, 1.82) is 0 Å². The second-order valence-corrected chi connectivity index (χ2v) is 19.4. The molecule has 72 heavy (non-hydrogen) atoms. The molecule has 0 radical (unpaired) electrons. The van der Waals surface area contributed by atoms with Gasteiger partial charge in [0, 0.05) is 60.7 Å². The van der Waals surface area contributed by atoms with Gasteiger partial charge in [0.25, 0.3) is 5.92 Å². The number of carbonyl (C=O) groups is 5. The minimum Gasteiger partial charge on any atom is -0.454 e. The average molecular weight is 992 g/mol. The molecule has 3 aromatic carbocycles. The number of ether oxygens (including phenoxy) is 5. The Balaban J connectivity index is 0.870. The van der Waals surface area contributed by atoms with Crippen LogP contribution in [0.2, 0.25) is 0 Å². The monoisotopic (exact) mass is 991 g/mol. The van der Waals surface area contributed by atoms with Crippen molar-refractivity contribution in [2.45, 2.75) is 96.2 Å². The molecule has 6 heterocycles. The number of H-pyrrole nitrogens is 2. The Labute approximate surface area is 412 Å². The molecule has 2 fully saturated rings. The van der Waals surface area contributed by atoms with Gasteiger partial charge in [0.2, 0.25) is 18.6 Å². The summed E-state index contributed by atoms with van der Waals surface area (Å²) in [5.41, 5.74) is 3.82. The number of fused-ring (bicyclic) bond motifs is 5. The fraction of sp³-hybridized carbons (Fsp3) is 0.431. The second-order valence-electron chi connectivity index (χ2n) is 19.4. The minimum absolute atomic E-state index is 0.00731. The summed E-state index contributed by atoms with van der Waals surface area (Å²) in [4.78, 5) is 86.9. The van der Waals surface area contributed by atoms with E-state index >= 15 is 8.78 Å². The highest BCUT2D eigenvalue weighted by atomic mass is 19.3. The maximum absolute atomic E-state index is 16.7. The molecule has 0 spiro atoms. The van der Waals surface area contributed by atoms with Crippen LogP contribution in [0.25, 0.3) is 33.6 Å². The largest absolute Gasteiger partial charge is 0.454 e. The number of halogens is 2. The SMILES string of the molecule is COC(=O)NC(C(=O)N1CCC[C@H]1c1nc(-c2ccc3c(c2)C(F)(F)c2cc(-c4c[nH]c([C@@H]5CC(OC(=O)N6Cc7cc8c(cc7C6)OCO8)CN5C(=O)[C@@H](NC(=O)OC)C(C)C)n4)ccc2-3)c[nH]1)C(C)C. The summed E-state index contributed by atoms with van der Waals surface area (Å²) in [6.07, 6.45) is 1.91. The number of methoxy groups -OCH3 is 2. The topological polar surface area (TPSA) is 223 Å². The lowest BCUT2D eigenvalue weighted by molar-refractivity contribution is -0.136. The number of amides is 5. The number of nitrogens with one attached hydrogen (secondary N) is 4. The number of alkyl halides is 2. The zero-order valence-corrected chi connectivity index (χ0v) is 40.5. The third-order valence-corrected chi connectivity index (χ3v) is 14.2. The molecule has 378 valence electrons. The number of carbonyl (C=O) groups excluding carboxylic acids is 5. The van der Waals surface area contributed by atoms with Gasteiger partial charge >= 0.3 is 18.3 Å². The average Bonchev–Trinajstić information content (AvgIpc) is 4.24. The van der Waals surface area contributed by atoms with Crippen LogP contribution in [-0.2, 0) is 42.8 Å². The van der Waals surface area contributed by atoms with E-state index in [1.807, 2.05) is 26.0 Å². The van der Waals surface area contributed by atoms with E-state index in [0.717, 1.165) is 17.5 Å². The molecule has 2 unspecified atom stereocenters. The van der Waals surface area contributed by atoms with E-state index in [-0.39, 0.29) is 48.6 Å². The summed E-state index contributed by atoms with van der Waals surface area (Å²) in [5.74, 6) is -2.59. The zero-order chi connectivity index (χ0) is 50.7. The van der Waals surface area contributed by atoms with E-state index in [0.29, 0.717) is 82.8 Å². The summed E-state index contributed by atoms with van der Waals surface area (Å²) >= 11 is 0. The lowest BCUT2D eigenvalue weighted by Gasteiger charge is -2.29. The molecule has 5 aliphatic rings. The molecule has 1 aliphatic carbocycles. The number of aromatic nitrogens is 4. The number of aromatic amines is 2. The number of hydrogen-bond donors (Lipinski definition) is 4. The van der Waals surface area contributed by atoms with E-state index < -0.39 is 60.4 Å².